The van der Waals surface area contributed by atoms with Crippen LogP contribution in [0.4, 0.5) is 0 Å². The summed E-state index contributed by atoms with van der Waals surface area (Å²) in [5, 5.41) is 0. The van der Waals surface area contributed by atoms with Crippen molar-refractivity contribution in [2.45, 2.75) is 38.9 Å². The molecule has 3 aliphatic heterocycles. The average molecular weight is 491 g/mol. The van der Waals surface area contributed by atoms with Gasteiger partial charge in [-0.2, -0.15) is 34.1 Å². The highest BCUT2D eigenvalue weighted by Gasteiger charge is 2.42. The van der Waals surface area contributed by atoms with Crippen molar-refractivity contribution < 1.29 is 16.8 Å². The van der Waals surface area contributed by atoms with E-state index in [1.54, 1.807) is 6.92 Å². The van der Waals surface area contributed by atoms with Gasteiger partial charge in [-0.1, -0.05) is 48.5 Å². The van der Waals surface area contributed by atoms with E-state index in [2.05, 4.69) is 0 Å². The third kappa shape index (κ3) is 4.24. The van der Waals surface area contributed by atoms with Crippen LogP contribution in [0.15, 0.2) is 48.5 Å². The lowest BCUT2D eigenvalue weighted by molar-refractivity contribution is 0.187. The molecule has 3 aliphatic rings. The molecule has 1 atom stereocenters. The van der Waals surface area contributed by atoms with Gasteiger partial charge in [-0.15, -0.1) is 0 Å². The predicted octanol–water partition coefficient (Wildman–Crippen LogP) is 1.60. The summed E-state index contributed by atoms with van der Waals surface area (Å²) in [5.74, 6) is 0. The molecule has 8 nitrogen and oxygen atoms in total. The summed E-state index contributed by atoms with van der Waals surface area (Å²) in [5.41, 5.74) is 4.45. The topological polar surface area (TPSA) is 81.2 Å². The number of fused-ring (bicyclic) bond motifs is 2. The third-order valence-corrected chi connectivity index (χ3v) is 11.0. The van der Waals surface area contributed by atoms with Gasteiger partial charge in [0.25, 0.3) is 20.4 Å². The maximum atomic E-state index is 13.4. The number of hydrogen-bond acceptors (Lipinski definition) is 4. The normalized spacial score (nSPS) is 23.7. The molecule has 0 aliphatic carbocycles. The second kappa shape index (κ2) is 8.75. The Balaban J connectivity index is 1.28. The highest BCUT2D eigenvalue weighted by atomic mass is 32.2. The third-order valence-electron chi connectivity index (χ3n) is 7.00. The Morgan fingerprint density at radius 1 is 0.636 bits per heavy atom. The Labute approximate surface area is 196 Å². The molecule has 1 unspecified atom stereocenters. The summed E-state index contributed by atoms with van der Waals surface area (Å²) >= 11 is 0. The average Bonchev–Trinajstić information content (AvgIpc) is 2.83. The molecule has 0 radical (unpaired) electrons. The van der Waals surface area contributed by atoms with Gasteiger partial charge in [0.15, 0.2) is 0 Å². The Morgan fingerprint density at radius 2 is 1.12 bits per heavy atom. The van der Waals surface area contributed by atoms with Crippen LogP contribution < -0.4 is 0 Å². The zero-order valence-electron chi connectivity index (χ0n) is 18.8. The molecule has 2 aromatic rings. The standard InChI is InChI=1S/C23H30N4O4S2/c1-19-16-26(32(28,29)24-12-10-20-6-2-4-8-22(20)17-24)14-15-27(19)33(30,31)25-13-11-21-7-3-5-9-23(21)18-25/h2-9,19H,10-18H2,1H3. The molecule has 5 rings (SSSR count). The van der Waals surface area contributed by atoms with Crippen LogP contribution in [0.2, 0.25) is 0 Å². The summed E-state index contributed by atoms with van der Waals surface area (Å²) in [4.78, 5) is 0. The Bertz CT molecular complexity index is 1250. The SMILES string of the molecule is CC1CN(S(=O)(=O)N2CCc3ccccc3C2)CCN1S(=O)(=O)N1CCc2ccccc2C1. The highest BCUT2D eigenvalue weighted by Crippen LogP contribution is 2.28. The first-order chi connectivity index (χ1) is 15.8. The van der Waals surface area contributed by atoms with Crippen LogP contribution in [0.5, 0.6) is 0 Å². The molecule has 10 heteroatoms. The minimum atomic E-state index is -3.68. The maximum absolute atomic E-state index is 13.4. The Morgan fingerprint density at radius 3 is 1.64 bits per heavy atom. The van der Waals surface area contributed by atoms with Gasteiger partial charge < -0.3 is 0 Å². The van der Waals surface area contributed by atoms with Crippen molar-refractivity contribution in [2.75, 3.05) is 32.7 Å². The molecular formula is C23H30N4O4S2. The molecule has 0 spiro atoms. The van der Waals surface area contributed by atoms with Crippen LogP contribution in [0, 0.1) is 0 Å². The van der Waals surface area contributed by atoms with Crippen molar-refractivity contribution in [1.82, 2.24) is 17.2 Å². The quantitative estimate of drug-likeness (QED) is 0.652. The number of nitrogens with zero attached hydrogens (tertiary/aromatic N) is 4. The van der Waals surface area contributed by atoms with E-state index < -0.39 is 26.5 Å². The van der Waals surface area contributed by atoms with Crippen molar-refractivity contribution in [3.05, 3.63) is 70.8 Å². The molecule has 3 heterocycles. The second-order valence-corrected chi connectivity index (χ2v) is 12.8. The van der Waals surface area contributed by atoms with Crippen LogP contribution in [-0.2, 0) is 46.3 Å². The van der Waals surface area contributed by atoms with E-state index in [0.717, 1.165) is 11.1 Å². The molecule has 1 fully saturated rings. The number of hydrogen-bond donors (Lipinski definition) is 0. The molecule has 2 aromatic carbocycles. The minimum Gasteiger partial charge on any atom is -0.195 e. The molecule has 33 heavy (non-hydrogen) atoms. The number of rotatable bonds is 4. The van der Waals surface area contributed by atoms with Gasteiger partial charge in [-0.3, -0.25) is 0 Å². The van der Waals surface area contributed by atoms with Crippen molar-refractivity contribution in [3.63, 3.8) is 0 Å². The first kappa shape index (κ1) is 22.9. The fraction of sp³-hybridized carbons (Fsp3) is 0.478. The van der Waals surface area contributed by atoms with E-state index in [4.69, 9.17) is 0 Å². The maximum Gasteiger partial charge on any atom is 0.282 e. The van der Waals surface area contributed by atoms with E-state index in [-0.39, 0.29) is 19.6 Å². The van der Waals surface area contributed by atoms with Crippen molar-refractivity contribution in [1.29, 1.82) is 0 Å². The Hall–Kier alpha value is -1.82. The van der Waals surface area contributed by atoms with Gasteiger partial charge in [0.05, 0.1) is 0 Å². The van der Waals surface area contributed by atoms with E-state index in [0.29, 0.717) is 39.0 Å². The van der Waals surface area contributed by atoms with Crippen LogP contribution in [0.3, 0.4) is 0 Å². The van der Waals surface area contributed by atoms with Crippen molar-refractivity contribution in [3.8, 4) is 0 Å². The molecule has 178 valence electrons. The van der Waals surface area contributed by atoms with Crippen molar-refractivity contribution in [2.24, 2.45) is 0 Å². The summed E-state index contributed by atoms with van der Waals surface area (Å²) < 4.78 is 59.6. The predicted molar refractivity (Wildman–Crippen MR) is 127 cm³/mol. The van der Waals surface area contributed by atoms with Gasteiger partial charge in [-0.05, 0) is 42.0 Å². The summed E-state index contributed by atoms with van der Waals surface area (Å²) in [6.07, 6.45) is 1.38. The van der Waals surface area contributed by atoms with Crippen LogP contribution in [0.1, 0.15) is 29.2 Å². The molecular weight excluding hydrogens is 460 g/mol. The van der Waals surface area contributed by atoms with Gasteiger partial charge in [-0.25, -0.2) is 0 Å². The monoisotopic (exact) mass is 490 g/mol. The number of benzene rings is 2. The van der Waals surface area contributed by atoms with E-state index in [9.17, 15) is 16.8 Å². The van der Waals surface area contributed by atoms with Crippen LogP contribution >= 0.6 is 0 Å². The lowest BCUT2D eigenvalue weighted by Crippen LogP contribution is -2.60. The van der Waals surface area contributed by atoms with E-state index in [1.807, 2.05) is 48.5 Å². The molecule has 0 aromatic heterocycles. The van der Waals surface area contributed by atoms with Gasteiger partial charge >= 0.3 is 0 Å². The second-order valence-electron chi connectivity index (χ2n) is 9.04. The fourth-order valence-corrected chi connectivity index (χ4v) is 8.53. The molecule has 0 bridgehead atoms. The minimum absolute atomic E-state index is 0.157. The molecule has 1 saturated heterocycles. The van der Waals surface area contributed by atoms with Crippen LogP contribution in [-0.4, -0.2) is 72.8 Å². The first-order valence-corrected chi connectivity index (χ1v) is 14.2. The van der Waals surface area contributed by atoms with Crippen LogP contribution in [0.25, 0.3) is 0 Å². The Kier molecular flexibility index (Phi) is 6.09. The molecule has 0 saturated carbocycles. The zero-order chi connectivity index (χ0) is 23.2. The molecule has 0 N–H and O–H groups in total. The summed E-state index contributed by atoms with van der Waals surface area (Å²) in [6, 6.07) is 15.4. The van der Waals surface area contributed by atoms with E-state index in [1.165, 1.54) is 28.3 Å². The fourth-order valence-electron chi connectivity index (χ4n) is 5.11. The van der Waals surface area contributed by atoms with Crippen molar-refractivity contribution >= 4 is 20.4 Å². The number of piperazine rings is 1. The smallest absolute Gasteiger partial charge is 0.195 e. The first-order valence-electron chi connectivity index (χ1n) is 11.4. The van der Waals surface area contributed by atoms with Gasteiger partial charge in [0, 0.05) is 51.9 Å². The lowest BCUT2D eigenvalue weighted by Gasteiger charge is -2.42. The van der Waals surface area contributed by atoms with Gasteiger partial charge in [0.1, 0.15) is 0 Å². The lowest BCUT2D eigenvalue weighted by atomic mass is 10.0. The summed E-state index contributed by atoms with van der Waals surface area (Å²) in [6.45, 7) is 3.87. The molecule has 0 amide bonds. The zero-order valence-corrected chi connectivity index (χ0v) is 20.4. The highest BCUT2D eigenvalue weighted by molar-refractivity contribution is 7.87. The van der Waals surface area contributed by atoms with Gasteiger partial charge in [0.2, 0.25) is 0 Å². The largest absolute Gasteiger partial charge is 0.282 e. The van der Waals surface area contributed by atoms with E-state index >= 15 is 0 Å². The summed E-state index contributed by atoms with van der Waals surface area (Å²) in [7, 11) is -7.34.